The van der Waals surface area contributed by atoms with E-state index in [0.29, 0.717) is 22.5 Å². The van der Waals surface area contributed by atoms with Crippen LogP contribution in [-0.4, -0.2) is 26.3 Å². The second kappa shape index (κ2) is 5.76. The van der Waals surface area contributed by atoms with Crippen LogP contribution in [0, 0.1) is 0 Å². The molecule has 6 nitrogen and oxygen atoms in total. The third kappa shape index (κ3) is 2.11. The Morgan fingerprint density at radius 2 is 1.54 bits per heavy atom. The van der Waals surface area contributed by atoms with Crippen molar-refractivity contribution in [3.63, 3.8) is 0 Å². The van der Waals surface area contributed by atoms with Crippen LogP contribution >= 0.6 is 0 Å². The highest BCUT2D eigenvalue weighted by molar-refractivity contribution is 6.34. The topological polar surface area (TPSA) is 68.1 Å². The van der Waals surface area contributed by atoms with Gasteiger partial charge in [-0.3, -0.25) is 14.6 Å². The monoisotopic (exact) mass is 346 g/mol. The van der Waals surface area contributed by atoms with Gasteiger partial charge >= 0.3 is 0 Å². The van der Waals surface area contributed by atoms with Crippen molar-refractivity contribution in [1.29, 1.82) is 0 Å². The summed E-state index contributed by atoms with van der Waals surface area (Å²) in [7, 11) is 0. The zero-order valence-corrected chi connectivity index (χ0v) is 14.3. The lowest BCUT2D eigenvalue weighted by Gasteiger charge is -2.27. The molecule has 0 N–H and O–H groups in total. The summed E-state index contributed by atoms with van der Waals surface area (Å²) in [6, 6.07) is 9.04. The van der Waals surface area contributed by atoms with Crippen molar-refractivity contribution in [2.45, 2.75) is 38.1 Å². The van der Waals surface area contributed by atoms with Gasteiger partial charge in [-0.1, -0.05) is 31.4 Å². The van der Waals surface area contributed by atoms with Crippen LogP contribution in [0.2, 0.25) is 0 Å². The van der Waals surface area contributed by atoms with E-state index in [1.807, 2.05) is 6.07 Å². The SMILES string of the molecule is O=C1c2ccccc2C(=O)N1c1cc2nccnc2n1C1CCCCC1. The van der Waals surface area contributed by atoms with Gasteiger partial charge in [0.2, 0.25) is 0 Å². The summed E-state index contributed by atoms with van der Waals surface area (Å²) in [5.41, 5.74) is 2.37. The molecule has 0 bridgehead atoms. The molecule has 6 heteroatoms. The van der Waals surface area contributed by atoms with E-state index >= 15 is 0 Å². The first-order valence-corrected chi connectivity index (χ1v) is 9.05. The number of fused-ring (bicyclic) bond motifs is 2. The highest BCUT2D eigenvalue weighted by Crippen LogP contribution is 2.38. The van der Waals surface area contributed by atoms with Gasteiger partial charge in [-0.2, -0.15) is 0 Å². The number of nitrogens with zero attached hydrogens (tertiary/aromatic N) is 4. The predicted octanol–water partition coefficient (Wildman–Crippen LogP) is 3.74. The number of amides is 2. The van der Waals surface area contributed by atoms with Crippen molar-refractivity contribution in [3.05, 3.63) is 53.9 Å². The third-order valence-electron chi connectivity index (χ3n) is 5.41. The Morgan fingerprint density at radius 1 is 0.885 bits per heavy atom. The Labute approximate surface area is 150 Å². The number of carbonyl (C=O) groups is 2. The number of hydrogen-bond acceptors (Lipinski definition) is 4. The molecule has 5 rings (SSSR count). The maximum Gasteiger partial charge on any atom is 0.267 e. The Balaban J connectivity index is 1.70. The molecular weight excluding hydrogens is 328 g/mol. The largest absolute Gasteiger partial charge is 0.307 e. The Hall–Kier alpha value is -3.02. The van der Waals surface area contributed by atoms with E-state index in [-0.39, 0.29) is 17.9 Å². The predicted molar refractivity (Wildman–Crippen MR) is 97.2 cm³/mol. The summed E-state index contributed by atoms with van der Waals surface area (Å²) in [4.78, 5) is 36.1. The highest BCUT2D eigenvalue weighted by atomic mass is 16.2. The molecule has 1 saturated carbocycles. The van der Waals surface area contributed by atoms with Crippen LogP contribution in [0.25, 0.3) is 11.2 Å². The Bertz CT molecular complexity index is 998. The first-order chi connectivity index (χ1) is 12.8. The molecular formula is C20H18N4O2. The molecule has 1 aliphatic carbocycles. The molecule has 3 heterocycles. The average Bonchev–Trinajstić information content (AvgIpc) is 3.18. The van der Waals surface area contributed by atoms with E-state index in [9.17, 15) is 9.59 Å². The molecule has 0 radical (unpaired) electrons. The summed E-state index contributed by atoms with van der Waals surface area (Å²) in [6.07, 6.45) is 8.86. The van der Waals surface area contributed by atoms with Gasteiger partial charge in [0.1, 0.15) is 11.3 Å². The van der Waals surface area contributed by atoms with Crippen LogP contribution in [0.1, 0.15) is 58.9 Å². The fourth-order valence-electron chi connectivity index (χ4n) is 4.20. The van der Waals surface area contributed by atoms with Gasteiger partial charge in [-0.05, 0) is 25.0 Å². The molecule has 0 unspecified atom stereocenters. The summed E-state index contributed by atoms with van der Waals surface area (Å²) < 4.78 is 2.06. The van der Waals surface area contributed by atoms with Crippen LogP contribution in [-0.2, 0) is 0 Å². The number of hydrogen-bond donors (Lipinski definition) is 0. The standard InChI is InChI=1S/C20H18N4O2/c25-19-14-8-4-5-9-15(14)20(26)24(19)17-12-16-18(22-11-10-21-16)23(17)13-6-2-1-3-7-13/h4-5,8-13H,1-3,6-7H2. The lowest BCUT2D eigenvalue weighted by molar-refractivity contribution is 0.0923. The van der Waals surface area contributed by atoms with Crippen molar-refractivity contribution in [3.8, 4) is 0 Å². The van der Waals surface area contributed by atoms with Crippen LogP contribution in [0.15, 0.2) is 42.7 Å². The van der Waals surface area contributed by atoms with Gasteiger partial charge in [0.25, 0.3) is 11.8 Å². The first-order valence-electron chi connectivity index (χ1n) is 9.05. The van der Waals surface area contributed by atoms with E-state index in [0.717, 1.165) is 31.3 Å². The molecule has 2 amide bonds. The summed E-state index contributed by atoms with van der Waals surface area (Å²) in [6.45, 7) is 0. The van der Waals surface area contributed by atoms with Crippen molar-refractivity contribution in [1.82, 2.24) is 14.5 Å². The van der Waals surface area contributed by atoms with Gasteiger partial charge < -0.3 is 4.57 Å². The number of benzene rings is 1. The second-order valence-electron chi connectivity index (χ2n) is 6.92. The molecule has 1 fully saturated rings. The lowest BCUT2D eigenvalue weighted by atomic mass is 9.95. The second-order valence-corrected chi connectivity index (χ2v) is 6.92. The molecule has 2 aliphatic rings. The van der Waals surface area contributed by atoms with Crippen LogP contribution in [0.5, 0.6) is 0 Å². The number of anilines is 1. The average molecular weight is 346 g/mol. The molecule has 26 heavy (non-hydrogen) atoms. The number of aromatic nitrogens is 3. The summed E-state index contributed by atoms with van der Waals surface area (Å²) in [5.74, 6) is 0.0419. The van der Waals surface area contributed by atoms with Gasteiger partial charge in [-0.15, -0.1) is 0 Å². The fourth-order valence-corrected chi connectivity index (χ4v) is 4.20. The molecule has 130 valence electrons. The minimum atomic E-state index is -0.273. The molecule has 0 atom stereocenters. The van der Waals surface area contributed by atoms with Crippen molar-refractivity contribution in [2.24, 2.45) is 0 Å². The maximum atomic E-state index is 13.0. The van der Waals surface area contributed by atoms with Crippen molar-refractivity contribution >= 4 is 28.8 Å². The van der Waals surface area contributed by atoms with Crippen LogP contribution in [0.4, 0.5) is 5.82 Å². The number of carbonyl (C=O) groups excluding carboxylic acids is 2. The first kappa shape index (κ1) is 15.3. The van der Waals surface area contributed by atoms with Crippen LogP contribution < -0.4 is 4.90 Å². The van der Waals surface area contributed by atoms with Gasteiger partial charge in [-0.25, -0.2) is 9.88 Å². The van der Waals surface area contributed by atoms with E-state index in [4.69, 9.17) is 0 Å². The third-order valence-corrected chi connectivity index (χ3v) is 5.41. The summed E-state index contributed by atoms with van der Waals surface area (Å²) >= 11 is 0. The van der Waals surface area contributed by atoms with E-state index < -0.39 is 0 Å². The minimum absolute atomic E-state index is 0.234. The Morgan fingerprint density at radius 3 is 2.23 bits per heavy atom. The van der Waals surface area contributed by atoms with E-state index in [1.165, 1.54) is 11.3 Å². The molecule has 0 spiro atoms. The quantitative estimate of drug-likeness (QED) is 0.663. The Kier molecular flexibility index (Phi) is 3.38. The molecule has 1 aromatic carbocycles. The van der Waals surface area contributed by atoms with Crippen molar-refractivity contribution < 1.29 is 9.59 Å². The molecule has 3 aromatic rings. The molecule has 2 aromatic heterocycles. The van der Waals surface area contributed by atoms with Gasteiger partial charge in [0.15, 0.2) is 5.65 Å². The fraction of sp³-hybridized carbons (Fsp3) is 0.300. The minimum Gasteiger partial charge on any atom is -0.307 e. The molecule has 1 aliphatic heterocycles. The summed E-state index contributed by atoms with van der Waals surface area (Å²) in [5, 5.41) is 0. The van der Waals surface area contributed by atoms with E-state index in [1.54, 1.807) is 36.7 Å². The van der Waals surface area contributed by atoms with Crippen molar-refractivity contribution in [2.75, 3.05) is 4.90 Å². The van der Waals surface area contributed by atoms with Gasteiger partial charge in [0.05, 0.1) is 11.1 Å². The van der Waals surface area contributed by atoms with E-state index in [2.05, 4.69) is 14.5 Å². The van der Waals surface area contributed by atoms with Gasteiger partial charge in [0, 0.05) is 24.5 Å². The molecule has 0 saturated heterocycles. The maximum absolute atomic E-state index is 13.0. The number of rotatable bonds is 2. The zero-order valence-electron chi connectivity index (χ0n) is 14.3. The lowest BCUT2D eigenvalue weighted by Crippen LogP contribution is -2.32. The normalized spacial score (nSPS) is 17.9. The smallest absolute Gasteiger partial charge is 0.267 e. The zero-order chi connectivity index (χ0) is 17.7. The number of imide groups is 1. The van der Waals surface area contributed by atoms with Crippen LogP contribution in [0.3, 0.4) is 0 Å². The highest BCUT2D eigenvalue weighted by Gasteiger charge is 2.39.